The lowest BCUT2D eigenvalue weighted by atomic mass is 9.80. The molecule has 1 heterocycles. The van der Waals surface area contributed by atoms with Crippen molar-refractivity contribution >= 4 is 12.8 Å². The predicted molar refractivity (Wildman–Crippen MR) is 48.8 cm³/mol. The molecule has 0 amide bonds. The molecule has 0 unspecified atom stereocenters. The lowest BCUT2D eigenvalue weighted by Gasteiger charge is -2.31. The quantitative estimate of drug-likeness (QED) is 0.608. The van der Waals surface area contributed by atoms with Crippen LogP contribution in [-0.4, -0.2) is 35.8 Å². The summed E-state index contributed by atoms with van der Waals surface area (Å²) in [6.45, 7) is 5.13. The van der Waals surface area contributed by atoms with Gasteiger partial charge in [-0.1, -0.05) is 0 Å². The van der Waals surface area contributed by atoms with Gasteiger partial charge in [-0.25, -0.2) is 0 Å². The monoisotopic (exact) mass is 169 g/mol. The summed E-state index contributed by atoms with van der Waals surface area (Å²) < 4.78 is 0. The van der Waals surface area contributed by atoms with Gasteiger partial charge in [0.25, 0.3) is 0 Å². The zero-order chi connectivity index (χ0) is 9.14. The molecule has 0 bridgehead atoms. The smallest absolute Gasteiger partial charge is 0.376 e. The molecule has 0 aromatic carbocycles. The van der Waals surface area contributed by atoms with Gasteiger partial charge in [0.15, 0.2) is 0 Å². The molecule has 0 aromatic heterocycles. The minimum atomic E-state index is -0.363. The van der Waals surface area contributed by atoms with E-state index in [-0.39, 0.29) is 13.0 Å². The number of carbonyl (C=O) groups excluding carboxylic acids is 1. The van der Waals surface area contributed by atoms with Crippen molar-refractivity contribution in [1.29, 1.82) is 0 Å². The molecule has 68 valence electrons. The van der Waals surface area contributed by atoms with Gasteiger partial charge in [0.1, 0.15) is 5.78 Å². The molecule has 0 radical (unpaired) electrons. The summed E-state index contributed by atoms with van der Waals surface area (Å²) in [5, 5.41) is 9.24. The Balaban J connectivity index is 2.34. The van der Waals surface area contributed by atoms with Crippen LogP contribution >= 0.6 is 0 Å². The first-order valence-corrected chi connectivity index (χ1v) is 4.54. The molecule has 1 aliphatic rings. The Morgan fingerprint density at radius 1 is 1.50 bits per heavy atom. The van der Waals surface area contributed by atoms with Crippen molar-refractivity contribution < 1.29 is 9.82 Å². The number of piperidine rings is 1. The van der Waals surface area contributed by atoms with Gasteiger partial charge in [0.2, 0.25) is 0 Å². The van der Waals surface area contributed by atoms with E-state index in [2.05, 4.69) is 0 Å². The minimum absolute atomic E-state index is 0.236. The highest BCUT2D eigenvalue weighted by atomic mass is 16.2. The van der Waals surface area contributed by atoms with E-state index in [0.717, 1.165) is 25.9 Å². The number of carbonyl (C=O) groups is 1. The van der Waals surface area contributed by atoms with Gasteiger partial charge >= 0.3 is 7.05 Å². The van der Waals surface area contributed by atoms with Crippen LogP contribution in [0.3, 0.4) is 0 Å². The average molecular weight is 169 g/mol. The van der Waals surface area contributed by atoms with Crippen LogP contribution in [0.2, 0.25) is 6.82 Å². The summed E-state index contributed by atoms with van der Waals surface area (Å²) in [6, 6.07) is 0. The fourth-order valence-electron chi connectivity index (χ4n) is 1.68. The van der Waals surface area contributed by atoms with Crippen molar-refractivity contribution in [1.82, 2.24) is 4.81 Å². The molecule has 0 aromatic rings. The summed E-state index contributed by atoms with van der Waals surface area (Å²) in [5.41, 5.74) is 0. The normalized spacial score (nSPS) is 20.9. The van der Waals surface area contributed by atoms with Gasteiger partial charge in [-0.15, -0.1) is 0 Å². The molecule has 1 saturated heterocycles. The molecule has 0 spiro atoms. The second-order valence-electron chi connectivity index (χ2n) is 3.55. The molecule has 1 rings (SSSR count). The first kappa shape index (κ1) is 9.74. The van der Waals surface area contributed by atoms with Crippen molar-refractivity contribution in [2.75, 3.05) is 13.1 Å². The summed E-state index contributed by atoms with van der Waals surface area (Å²) in [4.78, 5) is 13.0. The van der Waals surface area contributed by atoms with Gasteiger partial charge in [0.05, 0.1) is 0 Å². The predicted octanol–water partition coefficient (Wildman–Crippen LogP) is 0.398. The van der Waals surface area contributed by atoms with E-state index in [0.29, 0.717) is 5.78 Å². The van der Waals surface area contributed by atoms with Gasteiger partial charge in [-0.2, -0.15) is 0 Å². The topological polar surface area (TPSA) is 40.5 Å². The van der Waals surface area contributed by atoms with E-state index < -0.39 is 0 Å². The Morgan fingerprint density at radius 2 is 2.00 bits per heavy atom. The SMILES string of the molecule is CB(O)N1CCC(C(C)=O)CC1. The number of Topliss-reactive ketones (excluding diaryl/α,β-unsaturated/α-hetero) is 1. The standard InChI is InChI=1S/C8H16BNO2/c1-7(11)8-3-5-10(6-4-8)9(2)12/h8,12H,3-6H2,1-2H3. The molecule has 1 fully saturated rings. The number of nitrogens with zero attached hydrogens (tertiary/aromatic N) is 1. The lowest BCUT2D eigenvalue weighted by molar-refractivity contribution is -0.121. The summed E-state index contributed by atoms with van der Waals surface area (Å²) in [5.74, 6) is 0.528. The van der Waals surface area contributed by atoms with Crippen molar-refractivity contribution in [2.45, 2.75) is 26.6 Å². The zero-order valence-corrected chi connectivity index (χ0v) is 7.79. The third-order valence-corrected chi connectivity index (χ3v) is 2.63. The third kappa shape index (κ3) is 2.32. The van der Waals surface area contributed by atoms with Crippen LogP contribution in [-0.2, 0) is 4.79 Å². The first-order chi connectivity index (χ1) is 5.61. The molecule has 0 aliphatic carbocycles. The maximum Gasteiger partial charge on any atom is 0.376 e. The van der Waals surface area contributed by atoms with E-state index in [1.807, 2.05) is 4.81 Å². The Hall–Kier alpha value is -0.345. The van der Waals surface area contributed by atoms with Gasteiger partial charge < -0.3 is 9.83 Å². The molecule has 1 N–H and O–H groups in total. The maximum atomic E-state index is 11.0. The molecule has 4 heteroatoms. The number of hydrogen-bond donors (Lipinski definition) is 1. The minimum Gasteiger partial charge on any atom is -0.437 e. The number of rotatable bonds is 2. The van der Waals surface area contributed by atoms with Crippen molar-refractivity contribution in [3.63, 3.8) is 0 Å². The lowest BCUT2D eigenvalue weighted by Crippen LogP contribution is -2.43. The molecular formula is C8H16BNO2. The zero-order valence-electron chi connectivity index (χ0n) is 7.79. The van der Waals surface area contributed by atoms with Crippen molar-refractivity contribution in [2.24, 2.45) is 5.92 Å². The highest BCUT2D eigenvalue weighted by molar-refractivity contribution is 6.45. The Bertz CT molecular complexity index is 164. The highest BCUT2D eigenvalue weighted by Gasteiger charge is 2.25. The Labute approximate surface area is 73.9 Å². The van der Waals surface area contributed by atoms with Gasteiger partial charge in [-0.3, -0.25) is 4.79 Å². The molecule has 0 atom stereocenters. The second kappa shape index (κ2) is 4.05. The van der Waals surface area contributed by atoms with Crippen LogP contribution < -0.4 is 0 Å². The summed E-state index contributed by atoms with van der Waals surface area (Å²) in [7, 11) is -0.363. The maximum absolute atomic E-state index is 11.0. The van der Waals surface area contributed by atoms with Crippen LogP contribution in [0.5, 0.6) is 0 Å². The molecule has 1 aliphatic heterocycles. The van der Waals surface area contributed by atoms with Crippen LogP contribution in [0, 0.1) is 5.92 Å². The largest absolute Gasteiger partial charge is 0.437 e. The number of ketones is 1. The van der Waals surface area contributed by atoms with E-state index in [9.17, 15) is 9.82 Å². The summed E-state index contributed by atoms with van der Waals surface area (Å²) >= 11 is 0. The Kier molecular flexibility index (Phi) is 3.29. The van der Waals surface area contributed by atoms with E-state index in [1.54, 1.807) is 13.7 Å². The van der Waals surface area contributed by atoms with E-state index in [1.165, 1.54) is 0 Å². The Morgan fingerprint density at radius 3 is 2.33 bits per heavy atom. The second-order valence-corrected chi connectivity index (χ2v) is 3.55. The van der Waals surface area contributed by atoms with Crippen molar-refractivity contribution in [3.8, 4) is 0 Å². The average Bonchev–Trinajstić information content (AvgIpc) is 2.04. The van der Waals surface area contributed by atoms with Crippen LogP contribution in [0.25, 0.3) is 0 Å². The summed E-state index contributed by atoms with van der Waals surface area (Å²) in [6.07, 6.45) is 1.81. The fourth-order valence-corrected chi connectivity index (χ4v) is 1.68. The van der Waals surface area contributed by atoms with Crippen LogP contribution in [0.15, 0.2) is 0 Å². The van der Waals surface area contributed by atoms with Gasteiger partial charge in [-0.05, 0) is 39.7 Å². The molecular weight excluding hydrogens is 153 g/mol. The van der Waals surface area contributed by atoms with Crippen molar-refractivity contribution in [3.05, 3.63) is 0 Å². The third-order valence-electron chi connectivity index (χ3n) is 2.63. The van der Waals surface area contributed by atoms with Crippen LogP contribution in [0.4, 0.5) is 0 Å². The fraction of sp³-hybridized carbons (Fsp3) is 0.875. The molecule has 0 saturated carbocycles. The van der Waals surface area contributed by atoms with E-state index in [4.69, 9.17) is 0 Å². The molecule has 12 heavy (non-hydrogen) atoms. The molecule has 3 nitrogen and oxygen atoms in total. The van der Waals surface area contributed by atoms with Gasteiger partial charge in [0, 0.05) is 5.92 Å². The van der Waals surface area contributed by atoms with Crippen LogP contribution in [0.1, 0.15) is 19.8 Å². The first-order valence-electron chi connectivity index (χ1n) is 4.54. The number of hydrogen-bond acceptors (Lipinski definition) is 3. The highest BCUT2D eigenvalue weighted by Crippen LogP contribution is 2.17. The van der Waals surface area contributed by atoms with E-state index >= 15 is 0 Å².